The third-order valence-corrected chi connectivity index (χ3v) is 4.18. The molecule has 0 bridgehead atoms. The molecule has 1 saturated carbocycles. The summed E-state index contributed by atoms with van der Waals surface area (Å²) in [5, 5.41) is 22.5. The third-order valence-electron chi connectivity index (χ3n) is 4.18. The van der Waals surface area contributed by atoms with Gasteiger partial charge in [0.1, 0.15) is 6.17 Å². The van der Waals surface area contributed by atoms with Crippen LogP contribution in [0.5, 0.6) is 0 Å². The minimum absolute atomic E-state index is 0.0359. The molecule has 1 aliphatic rings. The molecule has 1 aromatic heterocycles. The molecule has 1 heterocycles. The topological polar surface area (TPSA) is 108 Å². The molecule has 128 valence electrons. The number of carbonyl (C=O) groups is 1. The molecule has 3 atom stereocenters. The summed E-state index contributed by atoms with van der Waals surface area (Å²) in [6.45, 7) is 2.73. The molecule has 0 saturated heterocycles. The average Bonchev–Trinajstić information content (AvgIpc) is 2.82. The highest BCUT2D eigenvalue weighted by Crippen LogP contribution is 2.27. The first-order valence-corrected chi connectivity index (χ1v) is 7.77. The van der Waals surface area contributed by atoms with Gasteiger partial charge in [-0.2, -0.15) is 0 Å². The number of nitrogens with zero attached hydrogens (tertiary/aromatic N) is 1. The van der Waals surface area contributed by atoms with Crippen LogP contribution in [0, 0.1) is 0 Å². The lowest BCUT2D eigenvalue weighted by Crippen LogP contribution is -2.35. The van der Waals surface area contributed by atoms with Gasteiger partial charge in [0.25, 0.3) is 5.91 Å². The Labute approximate surface area is 134 Å². The SMILES string of the molecule is CC(C)(O)C(F)Cc1nccc(NC2CCC(O)C2)c1C(N)=O. The van der Waals surface area contributed by atoms with Gasteiger partial charge in [-0.25, -0.2) is 4.39 Å². The molecule has 1 fully saturated rings. The van der Waals surface area contributed by atoms with Crippen molar-refractivity contribution in [1.82, 2.24) is 4.98 Å². The van der Waals surface area contributed by atoms with Crippen LogP contribution in [0.3, 0.4) is 0 Å². The van der Waals surface area contributed by atoms with E-state index in [2.05, 4.69) is 10.3 Å². The van der Waals surface area contributed by atoms with E-state index < -0.39 is 17.7 Å². The van der Waals surface area contributed by atoms with Crippen molar-refractivity contribution >= 4 is 11.6 Å². The maximum Gasteiger partial charge on any atom is 0.252 e. The predicted molar refractivity (Wildman–Crippen MR) is 84.9 cm³/mol. The second kappa shape index (κ2) is 6.80. The van der Waals surface area contributed by atoms with Gasteiger partial charge < -0.3 is 21.3 Å². The van der Waals surface area contributed by atoms with Crippen molar-refractivity contribution in [3.8, 4) is 0 Å². The monoisotopic (exact) mass is 325 g/mol. The molecule has 3 unspecified atom stereocenters. The van der Waals surface area contributed by atoms with E-state index in [0.29, 0.717) is 18.5 Å². The van der Waals surface area contributed by atoms with E-state index in [0.717, 1.165) is 6.42 Å². The van der Waals surface area contributed by atoms with Gasteiger partial charge in [0.05, 0.1) is 28.6 Å². The standard InChI is InChI=1S/C16H24FN3O3/c1-16(2,23)13(17)8-12-14(15(18)22)11(5-6-19-12)20-9-3-4-10(21)7-9/h5-6,9-10,13,21,23H,3-4,7-8H2,1-2H3,(H2,18,22)(H,19,20). The first kappa shape index (κ1) is 17.6. The Morgan fingerprint density at radius 3 is 2.78 bits per heavy atom. The summed E-state index contributed by atoms with van der Waals surface area (Å²) in [6.07, 6.45) is 1.43. The fraction of sp³-hybridized carbons (Fsp3) is 0.625. The number of aromatic nitrogens is 1. The minimum atomic E-state index is -1.57. The zero-order valence-electron chi connectivity index (χ0n) is 13.4. The lowest BCUT2D eigenvalue weighted by Gasteiger charge is -2.23. The number of primary amides is 1. The van der Waals surface area contributed by atoms with Gasteiger partial charge in [0.15, 0.2) is 0 Å². The first-order chi connectivity index (χ1) is 10.7. The van der Waals surface area contributed by atoms with Gasteiger partial charge in [-0.05, 0) is 39.2 Å². The molecule has 0 aliphatic heterocycles. The molecule has 1 amide bonds. The Balaban J connectivity index is 2.26. The number of nitrogens with one attached hydrogen (secondary N) is 1. The number of pyridine rings is 1. The zero-order chi connectivity index (χ0) is 17.2. The summed E-state index contributed by atoms with van der Waals surface area (Å²) in [6, 6.07) is 1.65. The highest BCUT2D eigenvalue weighted by molar-refractivity contribution is 5.99. The van der Waals surface area contributed by atoms with Gasteiger partial charge in [-0.15, -0.1) is 0 Å². The molecular formula is C16H24FN3O3. The fourth-order valence-electron chi connectivity index (χ4n) is 2.78. The molecule has 23 heavy (non-hydrogen) atoms. The molecular weight excluding hydrogens is 301 g/mol. The zero-order valence-corrected chi connectivity index (χ0v) is 13.4. The van der Waals surface area contributed by atoms with E-state index in [4.69, 9.17) is 5.73 Å². The fourth-order valence-corrected chi connectivity index (χ4v) is 2.78. The smallest absolute Gasteiger partial charge is 0.252 e. The summed E-state index contributed by atoms with van der Waals surface area (Å²) in [5.74, 6) is -0.697. The van der Waals surface area contributed by atoms with Crippen LogP contribution < -0.4 is 11.1 Å². The van der Waals surface area contributed by atoms with Crippen molar-refractivity contribution in [2.75, 3.05) is 5.32 Å². The number of halogens is 1. The number of carbonyl (C=O) groups excluding carboxylic acids is 1. The van der Waals surface area contributed by atoms with Crippen molar-refractivity contribution in [1.29, 1.82) is 0 Å². The molecule has 1 aromatic rings. The van der Waals surface area contributed by atoms with Crippen LogP contribution in [0.4, 0.5) is 10.1 Å². The molecule has 1 aliphatic carbocycles. The second-order valence-corrected chi connectivity index (χ2v) is 6.68. The summed E-state index contributed by atoms with van der Waals surface area (Å²) >= 11 is 0. The summed E-state index contributed by atoms with van der Waals surface area (Å²) in [4.78, 5) is 15.9. The van der Waals surface area contributed by atoms with Gasteiger partial charge in [-0.1, -0.05) is 0 Å². The van der Waals surface area contributed by atoms with Gasteiger partial charge in [-0.3, -0.25) is 9.78 Å². The second-order valence-electron chi connectivity index (χ2n) is 6.68. The lowest BCUT2D eigenvalue weighted by molar-refractivity contribution is -0.00307. The van der Waals surface area contributed by atoms with Crippen molar-refractivity contribution in [3.63, 3.8) is 0 Å². The van der Waals surface area contributed by atoms with Gasteiger partial charge in [0, 0.05) is 18.7 Å². The van der Waals surface area contributed by atoms with Crippen LogP contribution in [-0.2, 0) is 6.42 Å². The van der Waals surface area contributed by atoms with Crippen LogP contribution in [-0.4, -0.2) is 45.0 Å². The van der Waals surface area contributed by atoms with E-state index >= 15 is 0 Å². The van der Waals surface area contributed by atoms with Crippen molar-refractivity contribution in [2.24, 2.45) is 5.73 Å². The maximum atomic E-state index is 14.1. The highest BCUT2D eigenvalue weighted by Gasteiger charge is 2.30. The summed E-state index contributed by atoms with van der Waals surface area (Å²) in [5.41, 5.74) is 4.76. The lowest BCUT2D eigenvalue weighted by atomic mass is 9.96. The Bertz CT molecular complexity index is 574. The Hall–Kier alpha value is -1.73. The number of aliphatic hydroxyl groups excluding tert-OH is 1. The number of nitrogens with two attached hydrogens (primary N) is 1. The molecule has 6 nitrogen and oxygen atoms in total. The molecule has 5 N–H and O–H groups in total. The van der Waals surface area contributed by atoms with E-state index in [-0.39, 0.29) is 29.8 Å². The van der Waals surface area contributed by atoms with E-state index in [1.165, 1.54) is 20.0 Å². The number of aliphatic hydroxyl groups is 2. The first-order valence-electron chi connectivity index (χ1n) is 7.77. The van der Waals surface area contributed by atoms with Crippen molar-refractivity contribution < 1.29 is 19.4 Å². The Morgan fingerprint density at radius 1 is 1.57 bits per heavy atom. The average molecular weight is 325 g/mol. The Morgan fingerprint density at radius 2 is 2.26 bits per heavy atom. The normalized spacial score (nSPS) is 22.8. The number of rotatable bonds is 6. The van der Waals surface area contributed by atoms with Crippen molar-refractivity contribution in [3.05, 3.63) is 23.5 Å². The quantitative estimate of drug-likeness (QED) is 0.627. The number of anilines is 1. The molecule has 7 heteroatoms. The number of hydrogen-bond acceptors (Lipinski definition) is 5. The number of amides is 1. The predicted octanol–water partition coefficient (Wildman–Crippen LogP) is 1.16. The van der Waals surface area contributed by atoms with Crippen LogP contribution in [0.1, 0.15) is 49.2 Å². The number of hydrogen-bond donors (Lipinski definition) is 4. The van der Waals surface area contributed by atoms with Crippen LogP contribution in [0.25, 0.3) is 0 Å². The number of alkyl halides is 1. The van der Waals surface area contributed by atoms with Crippen LogP contribution >= 0.6 is 0 Å². The van der Waals surface area contributed by atoms with Gasteiger partial charge in [0.2, 0.25) is 0 Å². The molecule has 0 radical (unpaired) electrons. The minimum Gasteiger partial charge on any atom is -0.393 e. The van der Waals surface area contributed by atoms with Crippen LogP contribution in [0.15, 0.2) is 12.3 Å². The van der Waals surface area contributed by atoms with E-state index in [1.54, 1.807) is 6.07 Å². The van der Waals surface area contributed by atoms with Crippen molar-refractivity contribution in [2.45, 2.75) is 63.4 Å². The third kappa shape index (κ3) is 4.39. The van der Waals surface area contributed by atoms with Crippen LogP contribution in [0.2, 0.25) is 0 Å². The summed E-state index contributed by atoms with van der Waals surface area (Å²) in [7, 11) is 0. The summed E-state index contributed by atoms with van der Waals surface area (Å²) < 4.78 is 14.1. The maximum absolute atomic E-state index is 14.1. The van der Waals surface area contributed by atoms with E-state index in [9.17, 15) is 19.4 Å². The van der Waals surface area contributed by atoms with E-state index in [1.807, 2.05) is 0 Å². The molecule has 2 rings (SSSR count). The molecule has 0 spiro atoms. The Kier molecular flexibility index (Phi) is 5.21. The highest BCUT2D eigenvalue weighted by atomic mass is 19.1. The van der Waals surface area contributed by atoms with Gasteiger partial charge >= 0.3 is 0 Å². The molecule has 0 aromatic carbocycles. The largest absolute Gasteiger partial charge is 0.393 e.